The number of carbonyl (C=O) groups is 1. The minimum absolute atomic E-state index is 0.244. The zero-order chi connectivity index (χ0) is 16.4. The van der Waals surface area contributed by atoms with Crippen LogP contribution in [0.3, 0.4) is 0 Å². The van der Waals surface area contributed by atoms with E-state index < -0.39 is 11.9 Å². The van der Waals surface area contributed by atoms with Gasteiger partial charge in [-0.1, -0.05) is 0 Å². The molecule has 7 heteroatoms. The molecular formula is C16H19FN4O2. The number of pyridine rings is 1. The first-order chi connectivity index (χ1) is 11.1. The number of esters is 1. The predicted molar refractivity (Wildman–Crippen MR) is 83.7 cm³/mol. The van der Waals surface area contributed by atoms with E-state index >= 15 is 0 Å². The minimum Gasteiger partial charge on any atom is -0.462 e. The summed E-state index contributed by atoms with van der Waals surface area (Å²) in [5, 5.41) is 7.29. The predicted octanol–water partition coefficient (Wildman–Crippen LogP) is 2.86. The first-order valence-electron chi connectivity index (χ1n) is 7.80. The van der Waals surface area contributed by atoms with E-state index in [-0.39, 0.29) is 17.7 Å². The summed E-state index contributed by atoms with van der Waals surface area (Å²) in [6.07, 6.45) is 3.58. The quantitative estimate of drug-likeness (QED) is 0.655. The van der Waals surface area contributed by atoms with Gasteiger partial charge in [-0.3, -0.25) is 4.68 Å². The molecule has 2 heterocycles. The Balaban J connectivity index is 1.99. The van der Waals surface area contributed by atoms with Gasteiger partial charge in [-0.25, -0.2) is 9.78 Å². The van der Waals surface area contributed by atoms with Crippen LogP contribution in [0.4, 0.5) is 10.2 Å². The van der Waals surface area contributed by atoms with Crippen LogP contribution < -0.4 is 5.32 Å². The van der Waals surface area contributed by atoms with Gasteiger partial charge in [-0.05, 0) is 38.8 Å². The molecule has 0 unspecified atom stereocenters. The van der Waals surface area contributed by atoms with Gasteiger partial charge in [0, 0.05) is 12.6 Å². The fourth-order valence-corrected chi connectivity index (χ4v) is 2.40. The van der Waals surface area contributed by atoms with E-state index in [1.807, 2.05) is 6.92 Å². The van der Waals surface area contributed by atoms with Gasteiger partial charge < -0.3 is 10.1 Å². The van der Waals surface area contributed by atoms with Crippen molar-refractivity contribution in [3.63, 3.8) is 0 Å². The maximum Gasteiger partial charge on any atom is 0.341 e. The zero-order valence-corrected chi connectivity index (χ0v) is 13.2. The van der Waals surface area contributed by atoms with Crippen molar-refractivity contribution in [2.24, 2.45) is 0 Å². The standard InChI is InChI=1S/C16H19FN4O2/c1-3-21-14(12(9-18-21)16(22)23-4-2)11-7-8-13(20-15(11)17)19-10-5-6-10/h7-10H,3-6H2,1-2H3,(H,19,20). The topological polar surface area (TPSA) is 69.0 Å². The number of aromatic nitrogens is 3. The Bertz CT molecular complexity index is 725. The van der Waals surface area contributed by atoms with Crippen LogP contribution in [0.1, 0.15) is 37.0 Å². The summed E-state index contributed by atoms with van der Waals surface area (Å²) < 4.78 is 21.1. The Morgan fingerprint density at radius 3 is 2.83 bits per heavy atom. The minimum atomic E-state index is -0.628. The first kappa shape index (κ1) is 15.5. The Morgan fingerprint density at radius 2 is 2.22 bits per heavy atom. The van der Waals surface area contributed by atoms with Crippen LogP contribution in [0.15, 0.2) is 18.3 Å². The average Bonchev–Trinajstić information content (AvgIpc) is 3.24. The van der Waals surface area contributed by atoms with Crippen molar-refractivity contribution < 1.29 is 13.9 Å². The average molecular weight is 318 g/mol. The Hall–Kier alpha value is -2.44. The lowest BCUT2D eigenvalue weighted by Gasteiger charge is -2.10. The summed E-state index contributed by atoms with van der Waals surface area (Å²) in [7, 11) is 0. The van der Waals surface area contributed by atoms with Gasteiger partial charge in [0.15, 0.2) is 0 Å². The molecule has 0 spiro atoms. The van der Waals surface area contributed by atoms with Gasteiger partial charge in [0.1, 0.15) is 11.4 Å². The van der Waals surface area contributed by atoms with Gasteiger partial charge in [0.2, 0.25) is 5.95 Å². The number of anilines is 1. The third kappa shape index (κ3) is 3.18. The highest BCUT2D eigenvalue weighted by atomic mass is 19.1. The lowest BCUT2D eigenvalue weighted by molar-refractivity contribution is 0.0527. The molecule has 1 fully saturated rings. The maximum atomic E-state index is 14.5. The van der Waals surface area contributed by atoms with Crippen LogP contribution in [0.2, 0.25) is 0 Å². The third-order valence-corrected chi connectivity index (χ3v) is 3.67. The van der Waals surface area contributed by atoms with Gasteiger partial charge in [0.05, 0.1) is 24.1 Å². The second kappa shape index (κ2) is 6.36. The third-order valence-electron chi connectivity index (χ3n) is 3.67. The number of carbonyl (C=O) groups excluding carboxylic acids is 1. The lowest BCUT2D eigenvalue weighted by atomic mass is 10.1. The van der Waals surface area contributed by atoms with E-state index in [9.17, 15) is 9.18 Å². The summed E-state index contributed by atoms with van der Waals surface area (Å²) in [6, 6.07) is 3.74. The molecule has 0 aliphatic heterocycles. The second-order valence-corrected chi connectivity index (χ2v) is 5.40. The molecule has 1 aliphatic carbocycles. The lowest BCUT2D eigenvalue weighted by Crippen LogP contribution is -2.09. The van der Waals surface area contributed by atoms with Crippen LogP contribution in [0.5, 0.6) is 0 Å². The molecule has 0 atom stereocenters. The molecule has 2 aromatic heterocycles. The molecule has 3 rings (SSSR count). The van der Waals surface area contributed by atoms with E-state index in [2.05, 4.69) is 15.4 Å². The smallest absolute Gasteiger partial charge is 0.341 e. The van der Waals surface area contributed by atoms with Crippen molar-refractivity contribution in [3.8, 4) is 11.3 Å². The highest BCUT2D eigenvalue weighted by Crippen LogP contribution is 2.29. The van der Waals surface area contributed by atoms with E-state index in [4.69, 9.17) is 4.74 Å². The van der Waals surface area contributed by atoms with Crippen molar-refractivity contribution in [1.29, 1.82) is 0 Å². The van der Waals surface area contributed by atoms with Crippen molar-refractivity contribution >= 4 is 11.8 Å². The van der Waals surface area contributed by atoms with Crippen LogP contribution in [-0.2, 0) is 11.3 Å². The molecule has 0 bridgehead atoms. The molecule has 0 radical (unpaired) electrons. The number of nitrogens with one attached hydrogen (secondary N) is 1. The summed E-state index contributed by atoms with van der Waals surface area (Å²) >= 11 is 0. The molecule has 0 saturated heterocycles. The summed E-state index contributed by atoms with van der Waals surface area (Å²) in [5.41, 5.74) is 0.889. The van der Waals surface area contributed by atoms with E-state index in [1.165, 1.54) is 6.20 Å². The van der Waals surface area contributed by atoms with Crippen molar-refractivity contribution in [1.82, 2.24) is 14.8 Å². The number of nitrogens with zero attached hydrogens (tertiary/aromatic N) is 3. The van der Waals surface area contributed by atoms with Crippen LogP contribution in [0.25, 0.3) is 11.3 Å². The maximum absolute atomic E-state index is 14.5. The largest absolute Gasteiger partial charge is 0.462 e. The van der Waals surface area contributed by atoms with E-state index in [1.54, 1.807) is 23.7 Å². The number of hydrogen-bond donors (Lipinski definition) is 1. The van der Waals surface area contributed by atoms with Crippen LogP contribution in [0, 0.1) is 5.95 Å². The molecule has 1 saturated carbocycles. The summed E-state index contributed by atoms with van der Waals surface area (Å²) in [5.74, 6) is -0.632. The number of ether oxygens (including phenoxy) is 1. The molecule has 1 N–H and O–H groups in total. The van der Waals surface area contributed by atoms with Crippen molar-refractivity contribution in [2.45, 2.75) is 39.3 Å². The molecule has 122 valence electrons. The normalized spacial score (nSPS) is 13.9. The van der Waals surface area contributed by atoms with Crippen LogP contribution in [-0.4, -0.2) is 33.4 Å². The molecule has 0 aromatic carbocycles. The highest BCUT2D eigenvalue weighted by Gasteiger charge is 2.24. The zero-order valence-electron chi connectivity index (χ0n) is 13.2. The molecule has 6 nitrogen and oxygen atoms in total. The Kier molecular flexibility index (Phi) is 4.27. The Morgan fingerprint density at radius 1 is 1.43 bits per heavy atom. The fourth-order valence-electron chi connectivity index (χ4n) is 2.40. The highest BCUT2D eigenvalue weighted by molar-refractivity contribution is 5.96. The molecule has 23 heavy (non-hydrogen) atoms. The first-order valence-corrected chi connectivity index (χ1v) is 7.80. The SMILES string of the molecule is CCOC(=O)c1cnn(CC)c1-c1ccc(NC2CC2)nc1F. The molecule has 1 aliphatic rings. The van der Waals surface area contributed by atoms with Crippen molar-refractivity contribution in [3.05, 3.63) is 29.8 Å². The van der Waals surface area contributed by atoms with Gasteiger partial charge in [-0.15, -0.1) is 0 Å². The monoisotopic (exact) mass is 318 g/mol. The molecule has 0 amide bonds. The Labute approximate surface area is 133 Å². The number of hydrogen-bond acceptors (Lipinski definition) is 5. The summed E-state index contributed by atoms with van der Waals surface area (Å²) in [6.45, 7) is 4.36. The van der Waals surface area contributed by atoms with Gasteiger partial charge in [-0.2, -0.15) is 9.49 Å². The molecular weight excluding hydrogens is 299 g/mol. The van der Waals surface area contributed by atoms with E-state index in [0.717, 1.165) is 12.8 Å². The van der Waals surface area contributed by atoms with Crippen molar-refractivity contribution in [2.75, 3.05) is 11.9 Å². The second-order valence-electron chi connectivity index (χ2n) is 5.40. The van der Waals surface area contributed by atoms with Gasteiger partial charge >= 0.3 is 5.97 Å². The van der Waals surface area contributed by atoms with Crippen LogP contribution >= 0.6 is 0 Å². The number of aryl methyl sites for hydroxylation is 1. The van der Waals surface area contributed by atoms with E-state index in [0.29, 0.717) is 24.1 Å². The van der Waals surface area contributed by atoms with Gasteiger partial charge in [0.25, 0.3) is 0 Å². The summed E-state index contributed by atoms with van der Waals surface area (Å²) in [4.78, 5) is 16.0. The number of halogens is 1. The molecule has 2 aromatic rings. The fraction of sp³-hybridized carbons (Fsp3) is 0.438. The number of rotatable bonds is 6.